The maximum atomic E-state index is 11.8. The molecule has 20 heavy (non-hydrogen) atoms. The first-order valence-electron chi connectivity index (χ1n) is 5.82. The maximum Gasteiger partial charge on any atom is 0.271 e. The Bertz CT molecular complexity index is 605. The molecule has 1 amide bonds. The quantitative estimate of drug-likeness (QED) is 0.760. The zero-order valence-corrected chi connectivity index (χ0v) is 11.8. The third kappa shape index (κ3) is 3.63. The number of anilines is 1. The second kappa shape index (κ2) is 6.61. The van der Waals surface area contributed by atoms with E-state index >= 15 is 0 Å². The van der Waals surface area contributed by atoms with Crippen LogP contribution in [0.5, 0.6) is 0 Å². The molecular formula is C14H12Cl2N2O2. The summed E-state index contributed by atoms with van der Waals surface area (Å²) in [7, 11) is 0. The summed E-state index contributed by atoms with van der Waals surface area (Å²) in [5.74, 6) is -0.581. The number of aliphatic hydroxyl groups excluding tert-OH is 1. The van der Waals surface area contributed by atoms with E-state index in [0.717, 1.165) is 0 Å². The highest BCUT2D eigenvalue weighted by Gasteiger charge is 2.16. The number of amides is 1. The van der Waals surface area contributed by atoms with Gasteiger partial charge in [0.1, 0.15) is 0 Å². The fourth-order valence-electron chi connectivity index (χ4n) is 1.57. The molecule has 2 rings (SSSR count). The Balaban J connectivity index is 1.98. The summed E-state index contributed by atoms with van der Waals surface area (Å²) in [6.45, 7) is 0. The van der Waals surface area contributed by atoms with E-state index in [1.165, 1.54) is 0 Å². The Morgan fingerprint density at radius 1 is 1.10 bits per heavy atom. The first-order chi connectivity index (χ1) is 9.58. The molecule has 3 N–H and O–H groups in total. The first kappa shape index (κ1) is 14.7. The molecule has 2 aromatic rings. The number of carbonyl (C=O) groups is 1. The molecule has 0 saturated carbocycles. The lowest BCUT2D eigenvalue weighted by atomic mass is 10.1. The largest absolute Gasteiger partial charge is 0.378 e. The van der Waals surface area contributed by atoms with Crippen LogP contribution in [0.3, 0.4) is 0 Å². The van der Waals surface area contributed by atoms with Crippen molar-refractivity contribution in [1.82, 2.24) is 5.43 Å². The molecule has 6 heteroatoms. The molecule has 0 aliphatic rings. The number of nitrogens with one attached hydrogen (secondary N) is 2. The molecule has 0 saturated heterocycles. The standard InChI is InChI=1S/C14H12Cl2N2O2/c15-10-6-7-12(11(16)8-10)17-18-14(20)13(19)9-4-2-1-3-5-9/h1-8,13,17,19H,(H,18,20). The summed E-state index contributed by atoms with van der Waals surface area (Å²) in [5, 5.41) is 10.7. The fraction of sp³-hybridized carbons (Fsp3) is 0.0714. The van der Waals surface area contributed by atoms with Crippen LogP contribution < -0.4 is 10.9 Å². The molecule has 0 heterocycles. The van der Waals surface area contributed by atoms with Gasteiger partial charge in [-0.2, -0.15) is 0 Å². The predicted molar refractivity (Wildman–Crippen MR) is 79.6 cm³/mol. The summed E-state index contributed by atoms with van der Waals surface area (Å²) in [6.07, 6.45) is -1.25. The van der Waals surface area contributed by atoms with E-state index in [1.54, 1.807) is 48.5 Å². The highest BCUT2D eigenvalue weighted by molar-refractivity contribution is 6.36. The Kier molecular flexibility index (Phi) is 4.84. The summed E-state index contributed by atoms with van der Waals surface area (Å²) in [5.41, 5.74) is 6.03. The van der Waals surface area contributed by atoms with E-state index in [9.17, 15) is 9.90 Å². The molecule has 0 aliphatic carbocycles. The van der Waals surface area contributed by atoms with E-state index in [1.807, 2.05) is 0 Å². The van der Waals surface area contributed by atoms with Crippen LogP contribution in [0.1, 0.15) is 11.7 Å². The van der Waals surface area contributed by atoms with Gasteiger partial charge in [0.05, 0.1) is 10.7 Å². The van der Waals surface area contributed by atoms with Gasteiger partial charge in [0.2, 0.25) is 0 Å². The number of rotatable bonds is 4. The van der Waals surface area contributed by atoms with Crippen molar-refractivity contribution >= 4 is 34.8 Å². The van der Waals surface area contributed by atoms with E-state index in [0.29, 0.717) is 21.3 Å². The molecule has 0 radical (unpaired) electrons. The van der Waals surface area contributed by atoms with Crippen LogP contribution in [0.15, 0.2) is 48.5 Å². The number of benzene rings is 2. The van der Waals surface area contributed by atoms with Crippen molar-refractivity contribution in [3.05, 3.63) is 64.1 Å². The van der Waals surface area contributed by atoms with Gasteiger partial charge < -0.3 is 5.11 Å². The summed E-state index contributed by atoms with van der Waals surface area (Å²) < 4.78 is 0. The molecular weight excluding hydrogens is 299 g/mol. The molecule has 0 aromatic heterocycles. The molecule has 1 atom stereocenters. The summed E-state index contributed by atoms with van der Waals surface area (Å²) in [4.78, 5) is 11.8. The van der Waals surface area contributed by atoms with Gasteiger partial charge in [0.25, 0.3) is 5.91 Å². The molecule has 0 bridgehead atoms. The van der Waals surface area contributed by atoms with Crippen LogP contribution in [-0.4, -0.2) is 11.0 Å². The van der Waals surface area contributed by atoms with Crippen molar-refractivity contribution in [3.63, 3.8) is 0 Å². The molecule has 4 nitrogen and oxygen atoms in total. The molecule has 2 aromatic carbocycles. The van der Waals surface area contributed by atoms with Crippen molar-refractivity contribution in [2.75, 3.05) is 5.43 Å². The van der Waals surface area contributed by atoms with E-state index in [-0.39, 0.29) is 0 Å². The Labute approximate surface area is 126 Å². The number of hydrazine groups is 1. The van der Waals surface area contributed by atoms with Crippen molar-refractivity contribution in [1.29, 1.82) is 0 Å². The Morgan fingerprint density at radius 2 is 1.80 bits per heavy atom. The molecule has 0 aliphatic heterocycles. The minimum Gasteiger partial charge on any atom is -0.378 e. The summed E-state index contributed by atoms with van der Waals surface area (Å²) >= 11 is 11.7. The van der Waals surface area contributed by atoms with Crippen LogP contribution in [0.25, 0.3) is 0 Å². The highest BCUT2D eigenvalue weighted by Crippen LogP contribution is 2.24. The van der Waals surface area contributed by atoms with Gasteiger partial charge in [0, 0.05) is 5.02 Å². The van der Waals surface area contributed by atoms with E-state index in [4.69, 9.17) is 23.2 Å². The van der Waals surface area contributed by atoms with Gasteiger partial charge in [-0.3, -0.25) is 15.6 Å². The van der Waals surface area contributed by atoms with Gasteiger partial charge in [-0.1, -0.05) is 53.5 Å². The van der Waals surface area contributed by atoms with E-state index < -0.39 is 12.0 Å². The second-order valence-corrected chi connectivity index (χ2v) is 4.90. The van der Waals surface area contributed by atoms with Gasteiger partial charge >= 0.3 is 0 Å². The second-order valence-electron chi connectivity index (χ2n) is 4.05. The normalized spacial score (nSPS) is 11.8. The van der Waals surface area contributed by atoms with Crippen molar-refractivity contribution in [2.24, 2.45) is 0 Å². The van der Waals surface area contributed by atoms with Gasteiger partial charge in [-0.15, -0.1) is 0 Å². The van der Waals surface area contributed by atoms with Crippen molar-refractivity contribution < 1.29 is 9.90 Å². The number of hydrogen-bond donors (Lipinski definition) is 3. The minimum atomic E-state index is -1.25. The third-order valence-electron chi connectivity index (χ3n) is 2.62. The van der Waals surface area contributed by atoms with Crippen molar-refractivity contribution in [3.8, 4) is 0 Å². The van der Waals surface area contributed by atoms with Crippen LogP contribution in [0.4, 0.5) is 5.69 Å². The number of halogens is 2. The maximum absolute atomic E-state index is 11.8. The molecule has 0 fully saturated rings. The average Bonchev–Trinajstić information content (AvgIpc) is 2.46. The van der Waals surface area contributed by atoms with Crippen LogP contribution >= 0.6 is 23.2 Å². The van der Waals surface area contributed by atoms with Crippen molar-refractivity contribution in [2.45, 2.75) is 6.10 Å². The molecule has 1 unspecified atom stereocenters. The number of hydrogen-bond acceptors (Lipinski definition) is 3. The number of aliphatic hydroxyl groups is 1. The van der Waals surface area contributed by atoms with Gasteiger partial charge in [-0.25, -0.2) is 0 Å². The zero-order chi connectivity index (χ0) is 14.5. The molecule has 104 valence electrons. The fourth-order valence-corrected chi connectivity index (χ4v) is 2.03. The SMILES string of the molecule is O=C(NNc1ccc(Cl)cc1Cl)C(O)c1ccccc1. The van der Waals surface area contributed by atoms with Crippen LogP contribution in [-0.2, 0) is 4.79 Å². The smallest absolute Gasteiger partial charge is 0.271 e. The number of carbonyl (C=O) groups excluding carboxylic acids is 1. The predicted octanol–water partition coefficient (Wildman–Crippen LogP) is 3.17. The Morgan fingerprint density at radius 3 is 2.45 bits per heavy atom. The topological polar surface area (TPSA) is 61.4 Å². The Hall–Kier alpha value is -1.75. The lowest BCUT2D eigenvalue weighted by Gasteiger charge is -2.14. The average molecular weight is 311 g/mol. The van der Waals surface area contributed by atoms with Gasteiger partial charge in [-0.05, 0) is 23.8 Å². The lowest BCUT2D eigenvalue weighted by molar-refractivity contribution is -0.129. The van der Waals surface area contributed by atoms with Gasteiger partial charge in [0.15, 0.2) is 6.10 Å². The van der Waals surface area contributed by atoms with Crippen LogP contribution in [0, 0.1) is 0 Å². The zero-order valence-electron chi connectivity index (χ0n) is 10.3. The minimum absolute atomic E-state index is 0.368. The monoisotopic (exact) mass is 310 g/mol. The highest BCUT2D eigenvalue weighted by atomic mass is 35.5. The first-order valence-corrected chi connectivity index (χ1v) is 6.57. The molecule has 0 spiro atoms. The summed E-state index contributed by atoms with van der Waals surface area (Å²) in [6, 6.07) is 13.4. The lowest BCUT2D eigenvalue weighted by Crippen LogP contribution is -2.34. The van der Waals surface area contributed by atoms with Crippen LogP contribution in [0.2, 0.25) is 10.0 Å². The van der Waals surface area contributed by atoms with E-state index in [2.05, 4.69) is 10.9 Å². The third-order valence-corrected chi connectivity index (χ3v) is 3.16.